The smallest absolute Gasteiger partial charge is 0.228 e. The average molecular weight is 305 g/mol. The highest BCUT2D eigenvalue weighted by Crippen LogP contribution is 2.29. The number of rotatable bonds is 2. The predicted molar refractivity (Wildman–Crippen MR) is 81.4 cm³/mol. The van der Waals surface area contributed by atoms with Crippen LogP contribution in [0.25, 0.3) is 0 Å². The zero-order valence-corrected chi connectivity index (χ0v) is 13.1. The monoisotopic (exact) mass is 304 g/mol. The minimum atomic E-state index is 0.0833. The molecule has 5 nitrogen and oxygen atoms in total. The third-order valence-corrected chi connectivity index (χ3v) is 4.27. The van der Waals surface area contributed by atoms with Gasteiger partial charge in [0.2, 0.25) is 5.91 Å². The van der Waals surface area contributed by atoms with Gasteiger partial charge in [-0.3, -0.25) is 14.4 Å². The van der Waals surface area contributed by atoms with Crippen LogP contribution in [0.4, 0.5) is 5.82 Å². The first-order chi connectivity index (χ1) is 9.97. The Morgan fingerprint density at radius 1 is 1.29 bits per heavy atom. The normalized spacial score (nSPS) is 14.5. The van der Waals surface area contributed by atoms with Crippen molar-refractivity contribution in [1.82, 2.24) is 14.8 Å². The number of carbonyl (C=O) groups excluding carboxylic acids is 1. The predicted octanol–water partition coefficient (Wildman–Crippen LogP) is 2.56. The molecule has 6 heteroatoms. The number of hydrogen-bond acceptors (Lipinski definition) is 3. The molecule has 0 saturated carbocycles. The van der Waals surface area contributed by atoms with E-state index in [4.69, 9.17) is 11.6 Å². The second-order valence-corrected chi connectivity index (χ2v) is 5.76. The molecule has 0 N–H and O–H groups in total. The summed E-state index contributed by atoms with van der Waals surface area (Å²) in [6.07, 6.45) is 1.23. The molecule has 21 heavy (non-hydrogen) atoms. The summed E-state index contributed by atoms with van der Waals surface area (Å²) in [6, 6.07) is 3.72. The lowest BCUT2D eigenvalue weighted by atomic mass is 10.0. The minimum Gasteiger partial charge on any atom is -0.292 e. The lowest BCUT2D eigenvalue weighted by Crippen LogP contribution is -2.35. The van der Waals surface area contributed by atoms with Gasteiger partial charge in [0.1, 0.15) is 11.0 Å². The lowest BCUT2D eigenvalue weighted by Gasteiger charge is -2.28. The Labute approximate surface area is 128 Å². The second kappa shape index (κ2) is 5.15. The molecule has 1 aliphatic heterocycles. The maximum Gasteiger partial charge on any atom is 0.228 e. The summed E-state index contributed by atoms with van der Waals surface area (Å²) in [6.45, 7) is 4.46. The first-order valence-electron chi connectivity index (χ1n) is 6.92. The zero-order valence-electron chi connectivity index (χ0n) is 12.4. The highest BCUT2D eigenvalue weighted by Gasteiger charge is 2.27. The number of pyridine rings is 1. The van der Waals surface area contributed by atoms with E-state index >= 15 is 0 Å². The van der Waals surface area contributed by atoms with Crippen LogP contribution in [0.1, 0.15) is 28.9 Å². The maximum absolute atomic E-state index is 12.3. The van der Waals surface area contributed by atoms with Gasteiger partial charge in [-0.25, -0.2) is 4.98 Å². The fraction of sp³-hybridized carbons (Fsp3) is 0.400. The Balaban J connectivity index is 2.02. The lowest BCUT2D eigenvalue weighted by molar-refractivity contribution is -0.119. The number of anilines is 1. The van der Waals surface area contributed by atoms with Crippen molar-refractivity contribution in [1.29, 1.82) is 0 Å². The Kier molecular flexibility index (Phi) is 3.45. The van der Waals surface area contributed by atoms with E-state index in [1.54, 1.807) is 11.0 Å². The van der Waals surface area contributed by atoms with Crippen LogP contribution in [0, 0.1) is 13.8 Å². The molecule has 2 aromatic heterocycles. The molecule has 3 rings (SSSR count). The van der Waals surface area contributed by atoms with E-state index in [9.17, 15) is 4.79 Å². The van der Waals surface area contributed by atoms with Gasteiger partial charge in [0.15, 0.2) is 0 Å². The average Bonchev–Trinajstić information content (AvgIpc) is 2.68. The molecule has 0 aliphatic carbocycles. The van der Waals surface area contributed by atoms with Crippen molar-refractivity contribution in [2.45, 2.75) is 33.2 Å². The molecule has 1 amide bonds. The number of aryl methyl sites for hydroxylation is 3. The van der Waals surface area contributed by atoms with Gasteiger partial charge in [0.25, 0.3) is 0 Å². The minimum absolute atomic E-state index is 0.0833. The van der Waals surface area contributed by atoms with E-state index in [0.717, 1.165) is 28.9 Å². The fourth-order valence-corrected chi connectivity index (χ4v) is 2.89. The fourth-order valence-electron chi connectivity index (χ4n) is 2.75. The first-order valence-corrected chi connectivity index (χ1v) is 7.30. The van der Waals surface area contributed by atoms with Crippen molar-refractivity contribution in [2.24, 2.45) is 7.05 Å². The third-order valence-electron chi connectivity index (χ3n) is 4.06. The molecule has 0 bridgehead atoms. The summed E-state index contributed by atoms with van der Waals surface area (Å²) in [5.74, 6) is 0.765. The van der Waals surface area contributed by atoms with Gasteiger partial charge < -0.3 is 0 Å². The summed E-state index contributed by atoms with van der Waals surface area (Å²) in [4.78, 5) is 18.4. The van der Waals surface area contributed by atoms with E-state index in [1.807, 2.05) is 31.6 Å². The molecule has 0 aromatic carbocycles. The molecule has 0 atom stereocenters. The molecule has 0 fully saturated rings. The topological polar surface area (TPSA) is 51.0 Å². The number of amides is 1. The number of carbonyl (C=O) groups is 1. The highest BCUT2D eigenvalue weighted by atomic mass is 35.5. The second-order valence-electron chi connectivity index (χ2n) is 5.37. The van der Waals surface area contributed by atoms with Crippen LogP contribution in [0.15, 0.2) is 12.1 Å². The summed E-state index contributed by atoms with van der Waals surface area (Å²) >= 11 is 5.99. The van der Waals surface area contributed by atoms with Crippen molar-refractivity contribution in [3.8, 4) is 0 Å². The molecule has 0 spiro atoms. The largest absolute Gasteiger partial charge is 0.292 e. The number of fused-ring (bicyclic) bond motifs is 1. The molecule has 0 unspecified atom stereocenters. The SMILES string of the molecule is Cc1nn(C)c(C)c1CN1C(=O)CCc2ccc(Cl)nc21. The van der Waals surface area contributed by atoms with Crippen LogP contribution < -0.4 is 4.90 Å². The summed E-state index contributed by atoms with van der Waals surface area (Å²) < 4.78 is 1.84. The number of nitrogens with zero attached hydrogens (tertiary/aromatic N) is 4. The molecular formula is C15H17ClN4O. The van der Waals surface area contributed by atoms with E-state index in [1.165, 1.54) is 0 Å². The van der Waals surface area contributed by atoms with E-state index in [-0.39, 0.29) is 5.91 Å². The van der Waals surface area contributed by atoms with E-state index in [0.29, 0.717) is 23.9 Å². The van der Waals surface area contributed by atoms with Gasteiger partial charge in [0.05, 0.1) is 12.2 Å². The number of hydrogen-bond donors (Lipinski definition) is 0. The highest BCUT2D eigenvalue weighted by molar-refractivity contribution is 6.29. The van der Waals surface area contributed by atoms with Crippen LogP contribution in [0.2, 0.25) is 5.15 Å². The molecule has 0 radical (unpaired) electrons. The van der Waals surface area contributed by atoms with Gasteiger partial charge >= 0.3 is 0 Å². The third kappa shape index (κ3) is 2.42. The quantitative estimate of drug-likeness (QED) is 0.801. The van der Waals surface area contributed by atoms with Crippen molar-refractivity contribution in [2.75, 3.05) is 4.90 Å². The molecular weight excluding hydrogens is 288 g/mol. The summed E-state index contributed by atoms with van der Waals surface area (Å²) in [5, 5.41) is 4.82. The van der Waals surface area contributed by atoms with Crippen molar-refractivity contribution < 1.29 is 4.79 Å². The number of halogens is 1. The van der Waals surface area contributed by atoms with Gasteiger partial charge in [-0.2, -0.15) is 5.10 Å². The van der Waals surface area contributed by atoms with Crippen LogP contribution in [0.3, 0.4) is 0 Å². The Morgan fingerprint density at radius 2 is 2.05 bits per heavy atom. The van der Waals surface area contributed by atoms with Gasteiger partial charge in [-0.1, -0.05) is 17.7 Å². The van der Waals surface area contributed by atoms with Crippen LogP contribution in [0.5, 0.6) is 0 Å². The first kappa shape index (κ1) is 14.1. The van der Waals surface area contributed by atoms with Crippen LogP contribution in [-0.2, 0) is 24.8 Å². The molecule has 1 aliphatic rings. The summed E-state index contributed by atoms with van der Waals surface area (Å²) in [7, 11) is 1.91. The van der Waals surface area contributed by atoms with E-state index in [2.05, 4.69) is 10.1 Å². The Morgan fingerprint density at radius 3 is 2.71 bits per heavy atom. The van der Waals surface area contributed by atoms with Gasteiger partial charge in [-0.05, 0) is 31.9 Å². The summed E-state index contributed by atoms with van der Waals surface area (Å²) in [5.41, 5.74) is 4.14. The number of aromatic nitrogens is 3. The zero-order chi connectivity index (χ0) is 15.1. The van der Waals surface area contributed by atoms with Crippen LogP contribution in [-0.4, -0.2) is 20.7 Å². The van der Waals surface area contributed by atoms with E-state index < -0.39 is 0 Å². The Hall–Kier alpha value is -1.88. The van der Waals surface area contributed by atoms with Gasteiger partial charge in [-0.15, -0.1) is 0 Å². The Bertz CT molecular complexity index is 723. The van der Waals surface area contributed by atoms with Crippen LogP contribution >= 0.6 is 11.6 Å². The maximum atomic E-state index is 12.3. The van der Waals surface area contributed by atoms with Crippen molar-refractivity contribution >= 4 is 23.3 Å². The molecule has 0 saturated heterocycles. The van der Waals surface area contributed by atoms with Gasteiger partial charge in [0, 0.05) is 24.7 Å². The van der Waals surface area contributed by atoms with Crippen molar-refractivity contribution in [3.05, 3.63) is 39.8 Å². The van der Waals surface area contributed by atoms with Crippen molar-refractivity contribution in [3.63, 3.8) is 0 Å². The molecule has 110 valence electrons. The standard InChI is InChI=1S/C15H17ClN4O/c1-9-12(10(2)19(3)18-9)8-20-14(21)7-5-11-4-6-13(16)17-15(11)20/h4,6H,5,7-8H2,1-3H3. The molecule has 3 heterocycles. The molecule has 2 aromatic rings.